The van der Waals surface area contributed by atoms with Gasteiger partial charge in [0.2, 0.25) is 0 Å². The van der Waals surface area contributed by atoms with Crippen LogP contribution in [0, 0.1) is 16.6 Å². The number of phenolic OH excluding ortho intramolecular Hbond substituents is 1. The second-order valence-electron chi connectivity index (χ2n) is 6.74. The van der Waals surface area contributed by atoms with Gasteiger partial charge in [-0.25, -0.2) is 4.39 Å². The van der Waals surface area contributed by atoms with Crippen molar-refractivity contribution in [1.82, 2.24) is 0 Å². The lowest BCUT2D eigenvalue weighted by molar-refractivity contribution is -0.150. The topological polar surface area (TPSA) is 49.7 Å². The molecule has 0 saturated carbocycles. The van der Waals surface area contributed by atoms with Gasteiger partial charge >= 0.3 is 0 Å². The average molecular weight is 292 g/mol. The summed E-state index contributed by atoms with van der Waals surface area (Å²) in [5.41, 5.74) is 1.05. The molecular weight excluding hydrogens is 271 g/mol. The third-order valence-electron chi connectivity index (χ3n) is 5.22. The highest BCUT2D eigenvalue weighted by Crippen LogP contribution is 2.58. The van der Waals surface area contributed by atoms with Crippen molar-refractivity contribution in [2.24, 2.45) is 10.8 Å². The molecule has 3 nitrogen and oxygen atoms in total. The van der Waals surface area contributed by atoms with Crippen molar-refractivity contribution in [2.75, 3.05) is 13.2 Å². The van der Waals surface area contributed by atoms with Crippen LogP contribution < -0.4 is 0 Å². The van der Waals surface area contributed by atoms with Crippen molar-refractivity contribution < 1.29 is 19.3 Å². The molecule has 1 heterocycles. The number of aromatic hydroxyl groups is 1. The summed E-state index contributed by atoms with van der Waals surface area (Å²) in [6.45, 7) is 4.62. The Labute approximate surface area is 124 Å². The molecule has 0 aromatic heterocycles. The zero-order valence-corrected chi connectivity index (χ0v) is 12.4. The fourth-order valence-corrected chi connectivity index (χ4v) is 3.77. The van der Waals surface area contributed by atoms with Gasteiger partial charge in [0.05, 0.1) is 19.3 Å². The van der Waals surface area contributed by atoms with Gasteiger partial charge in [-0.2, -0.15) is 0 Å². The van der Waals surface area contributed by atoms with Gasteiger partial charge in [-0.1, -0.05) is 18.6 Å². The third-order valence-corrected chi connectivity index (χ3v) is 5.22. The standard InChI is InChI=1S/C17H21FO3/c1-11-5-6-17(9-19)8-16(11,2)15(21-10-17)13-4-3-12(20)7-14(13)18/h3-5,7,15,19-20H,6,8-10H2,1-2H3/t15-,16+,17+/m0/s1. The molecule has 1 fully saturated rings. The highest BCUT2D eigenvalue weighted by atomic mass is 19.1. The quantitative estimate of drug-likeness (QED) is 0.822. The highest BCUT2D eigenvalue weighted by Gasteiger charge is 2.52. The largest absolute Gasteiger partial charge is 0.508 e. The fraction of sp³-hybridized carbons (Fsp3) is 0.529. The Kier molecular flexibility index (Phi) is 3.34. The lowest BCUT2D eigenvalue weighted by Gasteiger charge is -2.53. The SMILES string of the molecule is CC1=CC[C@@]2(CO)CO[C@@H](c3ccc(O)cc3F)[C@]1(C)C2. The predicted octanol–water partition coefficient (Wildman–Crippen LogP) is 3.33. The Hall–Kier alpha value is -1.39. The van der Waals surface area contributed by atoms with Crippen molar-refractivity contribution in [3.63, 3.8) is 0 Å². The Morgan fingerprint density at radius 1 is 1.43 bits per heavy atom. The minimum Gasteiger partial charge on any atom is -0.508 e. The molecule has 4 heteroatoms. The smallest absolute Gasteiger partial charge is 0.132 e. The molecule has 1 aliphatic carbocycles. The van der Waals surface area contributed by atoms with Crippen LogP contribution >= 0.6 is 0 Å². The molecule has 1 saturated heterocycles. The number of aliphatic hydroxyl groups excluding tert-OH is 1. The summed E-state index contributed by atoms with van der Waals surface area (Å²) in [7, 11) is 0. The Bertz CT molecular complexity index is 598. The molecule has 1 aliphatic heterocycles. The van der Waals surface area contributed by atoms with Crippen molar-refractivity contribution in [1.29, 1.82) is 0 Å². The summed E-state index contributed by atoms with van der Waals surface area (Å²) < 4.78 is 20.2. The zero-order valence-electron chi connectivity index (χ0n) is 12.4. The second-order valence-corrected chi connectivity index (χ2v) is 6.74. The Morgan fingerprint density at radius 3 is 2.86 bits per heavy atom. The number of halogens is 1. The molecule has 0 unspecified atom stereocenters. The van der Waals surface area contributed by atoms with E-state index in [9.17, 15) is 14.6 Å². The third kappa shape index (κ3) is 2.17. The molecule has 0 spiro atoms. The van der Waals surface area contributed by atoms with Crippen LogP contribution in [-0.2, 0) is 4.74 Å². The lowest BCUT2D eigenvalue weighted by Crippen LogP contribution is -2.49. The molecule has 2 N–H and O–H groups in total. The van der Waals surface area contributed by atoms with Gasteiger partial charge in [0.25, 0.3) is 0 Å². The summed E-state index contributed by atoms with van der Waals surface area (Å²) in [5, 5.41) is 19.1. The van der Waals surface area contributed by atoms with Crippen molar-refractivity contribution in [3.8, 4) is 5.75 Å². The number of aliphatic hydroxyl groups is 1. The maximum atomic E-state index is 14.2. The van der Waals surface area contributed by atoms with Gasteiger partial charge in [0.1, 0.15) is 11.6 Å². The first kappa shape index (κ1) is 14.5. The van der Waals surface area contributed by atoms with E-state index in [1.54, 1.807) is 6.07 Å². The summed E-state index contributed by atoms with van der Waals surface area (Å²) in [6, 6.07) is 4.20. The Morgan fingerprint density at radius 2 is 2.19 bits per heavy atom. The molecule has 3 atom stereocenters. The lowest BCUT2D eigenvalue weighted by atomic mass is 9.58. The second kappa shape index (κ2) is 4.82. The summed E-state index contributed by atoms with van der Waals surface area (Å²) in [4.78, 5) is 0. The predicted molar refractivity (Wildman–Crippen MR) is 77.4 cm³/mol. The van der Waals surface area contributed by atoms with Crippen LogP contribution in [-0.4, -0.2) is 23.4 Å². The normalized spacial score (nSPS) is 35.4. The molecule has 0 radical (unpaired) electrons. The number of allylic oxidation sites excluding steroid dienone is 1. The van der Waals surface area contributed by atoms with Crippen LogP contribution in [0.3, 0.4) is 0 Å². The number of ether oxygens (including phenoxy) is 1. The summed E-state index contributed by atoms with van der Waals surface area (Å²) in [6.07, 6.45) is 3.34. The molecule has 1 aromatic carbocycles. The van der Waals surface area contributed by atoms with Gasteiger partial charge in [-0.15, -0.1) is 0 Å². The maximum absolute atomic E-state index is 14.2. The van der Waals surface area contributed by atoms with E-state index in [0.717, 1.165) is 18.9 Å². The van der Waals surface area contributed by atoms with Crippen LogP contribution in [0.25, 0.3) is 0 Å². The molecular formula is C17H21FO3. The number of fused-ring (bicyclic) bond motifs is 2. The van der Waals surface area contributed by atoms with Gasteiger partial charge in [-0.05, 0) is 31.9 Å². The Balaban J connectivity index is 2.05. The number of rotatable bonds is 2. The number of benzene rings is 1. The van der Waals surface area contributed by atoms with Crippen molar-refractivity contribution in [2.45, 2.75) is 32.8 Å². The molecule has 2 aliphatic rings. The van der Waals surface area contributed by atoms with Crippen molar-refractivity contribution >= 4 is 0 Å². The van der Waals surface area contributed by atoms with Crippen LogP contribution in [0.1, 0.15) is 38.4 Å². The van der Waals surface area contributed by atoms with Gasteiger partial charge in [0.15, 0.2) is 0 Å². The van der Waals surface area contributed by atoms with Crippen LogP contribution in [0.2, 0.25) is 0 Å². The molecule has 2 bridgehead atoms. The maximum Gasteiger partial charge on any atom is 0.132 e. The van der Waals surface area contributed by atoms with Crippen LogP contribution in [0.15, 0.2) is 29.8 Å². The van der Waals surface area contributed by atoms with E-state index < -0.39 is 11.9 Å². The first-order valence-electron chi connectivity index (χ1n) is 7.28. The number of phenols is 1. The first-order valence-corrected chi connectivity index (χ1v) is 7.28. The van der Waals surface area contributed by atoms with E-state index >= 15 is 0 Å². The van der Waals surface area contributed by atoms with E-state index in [-0.39, 0.29) is 23.2 Å². The first-order chi connectivity index (χ1) is 9.90. The number of hydrogen-bond acceptors (Lipinski definition) is 3. The minimum absolute atomic E-state index is 0.0805. The van der Waals surface area contributed by atoms with Gasteiger partial charge < -0.3 is 14.9 Å². The average Bonchev–Trinajstić information content (AvgIpc) is 2.45. The van der Waals surface area contributed by atoms with Crippen LogP contribution in [0.4, 0.5) is 4.39 Å². The molecule has 0 amide bonds. The number of hydrogen-bond donors (Lipinski definition) is 2. The minimum atomic E-state index is -0.448. The van der Waals surface area contributed by atoms with E-state index in [4.69, 9.17) is 4.74 Å². The van der Waals surface area contributed by atoms with E-state index in [0.29, 0.717) is 12.2 Å². The van der Waals surface area contributed by atoms with E-state index in [1.807, 2.05) is 6.92 Å². The van der Waals surface area contributed by atoms with Crippen LogP contribution in [0.5, 0.6) is 5.75 Å². The molecule has 21 heavy (non-hydrogen) atoms. The highest BCUT2D eigenvalue weighted by molar-refractivity contribution is 5.34. The van der Waals surface area contributed by atoms with Gasteiger partial charge in [-0.3, -0.25) is 0 Å². The van der Waals surface area contributed by atoms with Crippen molar-refractivity contribution in [3.05, 3.63) is 41.2 Å². The molecule has 1 aromatic rings. The fourth-order valence-electron chi connectivity index (χ4n) is 3.77. The van der Waals surface area contributed by atoms with Gasteiger partial charge in [0, 0.05) is 22.5 Å². The monoisotopic (exact) mass is 292 g/mol. The van der Waals surface area contributed by atoms with E-state index in [1.165, 1.54) is 11.6 Å². The van der Waals surface area contributed by atoms with E-state index in [2.05, 4.69) is 13.0 Å². The zero-order chi connectivity index (χ0) is 15.3. The summed E-state index contributed by atoms with van der Waals surface area (Å²) in [5.74, 6) is -0.533. The molecule has 3 rings (SSSR count). The molecule has 114 valence electrons. The summed E-state index contributed by atoms with van der Waals surface area (Å²) >= 11 is 0.